The maximum Gasteiger partial charge on any atom is 0.165 e. The number of aromatic nitrogens is 2. The number of halogens is 1. The summed E-state index contributed by atoms with van der Waals surface area (Å²) in [6.45, 7) is 6.21. The molecule has 152 valence electrons. The smallest absolute Gasteiger partial charge is 0.165 e. The minimum Gasteiger partial charge on any atom is -0.494 e. The van der Waals surface area contributed by atoms with Crippen LogP contribution < -0.4 is 4.74 Å². The number of aryl methyl sites for hydroxylation is 1. The van der Waals surface area contributed by atoms with Crippen LogP contribution in [0.15, 0.2) is 48.7 Å². The first-order valence-corrected chi connectivity index (χ1v) is 9.94. The third kappa shape index (κ3) is 4.33. The second kappa shape index (κ2) is 8.76. The van der Waals surface area contributed by atoms with Crippen LogP contribution in [-0.4, -0.2) is 48.1 Å². The van der Waals surface area contributed by atoms with Crippen LogP contribution in [0.5, 0.6) is 5.75 Å². The molecule has 4 rings (SSSR count). The Bertz CT molecular complexity index is 978. The first kappa shape index (κ1) is 19.6. The second-order valence-corrected chi connectivity index (χ2v) is 7.33. The predicted molar refractivity (Wildman–Crippen MR) is 111 cm³/mol. The highest BCUT2D eigenvalue weighted by atomic mass is 19.1. The van der Waals surface area contributed by atoms with E-state index in [0.29, 0.717) is 0 Å². The maximum absolute atomic E-state index is 14.4. The van der Waals surface area contributed by atoms with E-state index in [4.69, 9.17) is 14.6 Å². The Labute approximate surface area is 170 Å². The Morgan fingerprint density at radius 2 is 2.00 bits per heavy atom. The molecule has 0 amide bonds. The van der Waals surface area contributed by atoms with Gasteiger partial charge >= 0.3 is 0 Å². The fraction of sp³-hybridized carbons (Fsp3) is 0.348. The average Bonchev–Trinajstić information content (AvgIpc) is 2.96. The van der Waals surface area contributed by atoms with Gasteiger partial charge in [-0.1, -0.05) is 18.2 Å². The monoisotopic (exact) mass is 395 g/mol. The van der Waals surface area contributed by atoms with Gasteiger partial charge in [0, 0.05) is 43.6 Å². The lowest BCUT2D eigenvalue weighted by molar-refractivity contribution is 0.140. The Balaban J connectivity index is 1.75. The van der Waals surface area contributed by atoms with Crippen molar-refractivity contribution in [2.24, 2.45) is 0 Å². The quantitative estimate of drug-likeness (QED) is 0.649. The minimum absolute atomic E-state index is 0.235. The molecule has 1 aromatic heterocycles. The third-order valence-corrected chi connectivity index (χ3v) is 5.29. The number of para-hydroxylation sites is 1. The van der Waals surface area contributed by atoms with E-state index in [9.17, 15) is 4.39 Å². The molecule has 0 saturated carbocycles. The molecule has 0 bridgehead atoms. The van der Waals surface area contributed by atoms with Crippen LogP contribution in [0.3, 0.4) is 0 Å². The van der Waals surface area contributed by atoms with Crippen LogP contribution >= 0.6 is 0 Å². The zero-order valence-corrected chi connectivity index (χ0v) is 16.9. The van der Waals surface area contributed by atoms with Crippen LogP contribution in [0, 0.1) is 12.7 Å². The first-order chi connectivity index (χ1) is 14.2. The highest BCUT2D eigenvalue weighted by molar-refractivity contribution is 5.64. The van der Waals surface area contributed by atoms with Crippen molar-refractivity contribution in [3.05, 3.63) is 65.6 Å². The molecule has 29 heavy (non-hydrogen) atoms. The van der Waals surface area contributed by atoms with Gasteiger partial charge in [0.05, 0.1) is 25.1 Å². The van der Waals surface area contributed by atoms with Gasteiger partial charge in [-0.25, -0.2) is 9.07 Å². The number of hydrogen-bond donors (Lipinski definition) is 0. The summed E-state index contributed by atoms with van der Waals surface area (Å²) >= 11 is 0. The molecular formula is C23H26FN3O2. The van der Waals surface area contributed by atoms with E-state index < -0.39 is 0 Å². The van der Waals surface area contributed by atoms with Gasteiger partial charge in [-0.2, -0.15) is 5.10 Å². The molecule has 1 fully saturated rings. The molecule has 5 nitrogen and oxygen atoms in total. The van der Waals surface area contributed by atoms with Crippen molar-refractivity contribution in [3.8, 4) is 22.7 Å². The Hall–Kier alpha value is -2.70. The number of benzene rings is 2. The van der Waals surface area contributed by atoms with Gasteiger partial charge in [-0.05, 0) is 43.2 Å². The van der Waals surface area contributed by atoms with Crippen LogP contribution in [0.2, 0.25) is 0 Å². The zero-order valence-electron chi connectivity index (χ0n) is 16.9. The second-order valence-electron chi connectivity index (χ2n) is 7.33. The van der Waals surface area contributed by atoms with E-state index in [2.05, 4.69) is 24.1 Å². The lowest BCUT2D eigenvalue weighted by atomic mass is 10.1. The molecule has 0 radical (unpaired) electrons. The molecule has 0 spiro atoms. The number of hydrogen-bond acceptors (Lipinski definition) is 4. The van der Waals surface area contributed by atoms with Crippen molar-refractivity contribution in [1.82, 2.24) is 14.7 Å². The first-order valence-electron chi connectivity index (χ1n) is 9.94. The largest absolute Gasteiger partial charge is 0.494 e. The summed E-state index contributed by atoms with van der Waals surface area (Å²) in [5, 5.41) is 4.85. The molecule has 1 aliphatic heterocycles. The topological polar surface area (TPSA) is 39.5 Å². The summed E-state index contributed by atoms with van der Waals surface area (Å²) in [4.78, 5) is 2.37. The van der Waals surface area contributed by atoms with Crippen molar-refractivity contribution in [2.45, 2.75) is 19.9 Å². The van der Waals surface area contributed by atoms with Gasteiger partial charge in [0.1, 0.15) is 0 Å². The molecule has 2 heterocycles. The average molecular weight is 395 g/mol. The van der Waals surface area contributed by atoms with Crippen LogP contribution in [-0.2, 0) is 11.3 Å². The highest BCUT2D eigenvalue weighted by Crippen LogP contribution is 2.29. The summed E-state index contributed by atoms with van der Waals surface area (Å²) in [7, 11) is 1.47. The molecule has 0 aliphatic carbocycles. The van der Waals surface area contributed by atoms with E-state index >= 15 is 0 Å². The van der Waals surface area contributed by atoms with Gasteiger partial charge in [-0.15, -0.1) is 0 Å². The van der Waals surface area contributed by atoms with E-state index in [-0.39, 0.29) is 11.6 Å². The fourth-order valence-corrected chi connectivity index (χ4v) is 3.72. The van der Waals surface area contributed by atoms with Crippen molar-refractivity contribution in [1.29, 1.82) is 0 Å². The summed E-state index contributed by atoms with van der Waals surface area (Å²) in [6, 6.07) is 13.1. The summed E-state index contributed by atoms with van der Waals surface area (Å²) in [6.07, 6.45) is 3.07. The number of nitrogens with zero attached hydrogens (tertiary/aromatic N) is 3. The lowest BCUT2D eigenvalue weighted by Crippen LogP contribution is -2.25. The molecule has 0 N–H and O–H groups in total. The standard InChI is InChI=1S/C23H26FN3O2/c1-17-6-3-4-7-21(17)27-16-19(15-26-10-5-12-29-13-11-26)23(25-27)18-8-9-22(28-2)20(24)14-18/h3-4,6-9,14,16H,5,10-13,15H2,1-2H3. The maximum atomic E-state index is 14.4. The molecule has 6 heteroatoms. The normalized spacial score (nSPS) is 15.3. The fourth-order valence-electron chi connectivity index (χ4n) is 3.72. The summed E-state index contributed by atoms with van der Waals surface area (Å²) in [5.41, 5.74) is 4.77. The van der Waals surface area contributed by atoms with Gasteiger partial charge in [0.15, 0.2) is 11.6 Å². The SMILES string of the molecule is COc1ccc(-c2nn(-c3ccccc3C)cc2CN2CCCOCC2)cc1F. The molecule has 0 unspecified atom stereocenters. The molecule has 1 saturated heterocycles. The van der Waals surface area contributed by atoms with Gasteiger partial charge in [0.2, 0.25) is 0 Å². The van der Waals surface area contributed by atoms with Gasteiger partial charge < -0.3 is 9.47 Å². The minimum atomic E-state index is -0.385. The highest BCUT2D eigenvalue weighted by Gasteiger charge is 2.18. The van der Waals surface area contributed by atoms with Crippen LogP contribution in [0.1, 0.15) is 17.5 Å². The molecule has 1 aliphatic rings. The van der Waals surface area contributed by atoms with Crippen LogP contribution in [0.25, 0.3) is 16.9 Å². The van der Waals surface area contributed by atoms with E-state index in [1.54, 1.807) is 6.07 Å². The van der Waals surface area contributed by atoms with Crippen molar-refractivity contribution in [2.75, 3.05) is 33.4 Å². The lowest BCUT2D eigenvalue weighted by Gasteiger charge is -2.18. The Morgan fingerprint density at radius 1 is 1.14 bits per heavy atom. The van der Waals surface area contributed by atoms with Crippen molar-refractivity contribution < 1.29 is 13.9 Å². The number of methoxy groups -OCH3 is 1. The van der Waals surface area contributed by atoms with Gasteiger partial charge in [-0.3, -0.25) is 4.90 Å². The van der Waals surface area contributed by atoms with E-state index in [0.717, 1.165) is 67.3 Å². The van der Waals surface area contributed by atoms with Crippen molar-refractivity contribution in [3.63, 3.8) is 0 Å². The molecule has 2 aromatic carbocycles. The number of rotatable bonds is 5. The van der Waals surface area contributed by atoms with E-state index in [1.807, 2.05) is 28.9 Å². The predicted octanol–water partition coefficient (Wildman–Crippen LogP) is 4.22. The summed E-state index contributed by atoms with van der Waals surface area (Å²) < 4.78 is 26.9. The third-order valence-electron chi connectivity index (χ3n) is 5.29. The molecule has 0 atom stereocenters. The Kier molecular flexibility index (Phi) is 5.92. The van der Waals surface area contributed by atoms with Crippen LogP contribution in [0.4, 0.5) is 4.39 Å². The van der Waals surface area contributed by atoms with Crippen molar-refractivity contribution >= 4 is 0 Å². The van der Waals surface area contributed by atoms with E-state index in [1.165, 1.54) is 13.2 Å². The molecule has 3 aromatic rings. The Morgan fingerprint density at radius 3 is 2.79 bits per heavy atom. The zero-order chi connectivity index (χ0) is 20.2. The number of ether oxygens (including phenoxy) is 2. The van der Waals surface area contributed by atoms with Gasteiger partial charge in [0.25, 0.3) is 0 Å². The summed E-state index contributed by atoms with van der Waals surface area (Å²) in [5.74, 6) is -0.150. The molecular weight excluding hydrogens is 369 g/mol.